The number of carbonyl (C=O) groups is 1. The molecule has 8 nitrogen and oxygen atoms in total. The molecule has 10 heteroatoms. The second-order valence-corrected chi connectivity index (χ2v) is 8.53. The summed E-state index contributed by atoms with van der Waals surface area (Å²) in [6.07, 6.45) is 1.20. The molecule has 0 radical (unpaired) electrons. The van der Waals surface area contributed by atoms with Crippen LogP contribution in [0.25, 0.3) is 0 Å². The van der Waals surface area contributed by atoms with Gasteiger partial charge in [-0.15, -0.1) is 0 Å². The van der Waals surface area contributed by atoms with Crippen molar-refractivity contribution in [2.24, 2.45) is 0 Å². The SMILES string of the molecule is Cc1cc(C#N)cc(C)c1Oc1ccnc(S(=O)(=O)CC(=O)Nc2cccc(F)c2)n1. The van der Waals surface area contributed by atoms with Gasteiger partial charge in [-0.25, -0.2) is 17.8 Å². The van der Waals surface area contributed by atoms with E-state index < -0.39 is 32.5 Å². The number of benzene rings is 2. The van der Waals surface area contributed by atoms with Crippen molar-refractivity contribution in [3.8, 4) is 17.7 Å². The Bertz CT molecular complexity index is 1280. The van der Waals surface area contributed by atoms with E-state index in [0.717, 1.165) is 6.07 Å². The second-order valence-electron chi connectivity index (χ2n) is 6.65. The number of sulfone groups is 1. The molecule has 0 aliphatic heterocycles. The van der Waals surface area contributed by atoms with Gasteiger partial charge in [0.05, 0.1) is 11.6 Å². The van der Waals surface area contributed by atoms with E-state index in [4.69, 9.17) is 10.00 Å². The van der Waals surface area contributed by atoms with Crippen LogP contribution in [0.4, 0.5) is 10.1 Å². The number of rotatable bonds is 6. The Morgan fingerprint density at radius 2 is 1.90 bits per heavy atom. The quantitative estimate of drug-likeness (QED) is 0.584. The zero-order chi connectivity index (χ0) is 22.6. The van der Waals surface area contributed by atoms with Crippen molar-refractivity contribution in [3.63, 3.8) is 0 Å². The highest BCUT2D eigenvalue weighted by Crippen LogP contribution is 2.29. The molecular weight excluding hydrogens is 423 g/mol. The molecule has 1 N–H and O–H groups in total. The fourth-order valence-electron chi connectivity index (χ4n) is 2.81. The third kappa shape index (κ3) is 5.40. The van der Waals surface area contributed by atoms with E-state index in [9.17, 15) is 17.6 Å². The lowest BCUT2D eigenvalue weighted by molar-refractivity contribution is -0.113. The number of amides is 1. The summed E-state index contributed by atoms with van der Waals surface area (Å²) in [5, 5.41) is 10.8. The molecular formula is C21H17FN4O4S. The first-order chi connectivity index (χ1) is 14.7. The van der Waals surface area contributed by atoms with Gasteiger partial charge in [0.25, 0.3) is 5.16 Å². The van der Waals surface area contributed by atoms with Crippen LogP contribution in [-0.2, 0) is 14.6 Å². The van der Waals surface area contributed by atoms with Crippen molar-refractivity contribution in [2.45, 2.75) is 19.0 Å². The molecule has 2 aromatic carbocycles. The van der Waals surface area contributed by atoms with Crippen LogP contribution in [0.3, 0.4) is 0 Å². The molecule has 1 amide bonds. The maximum absolute atomic E-state index is 13.2. The number of carbonyl (C=O) groups excluding carboxylic acids is 1. The average Bonchev–Trinajstić information content (AvgIpc) is 2.70. The minimum absolute atomic E-state index is 0.0324. The summed E-state index contributed by atoms with van der Waals surface area (Å²) in [6, 6.07) is 11.8. The van der Waals surface area contributed by atoms with E-state index >= 15 is 0 Å². The molecule has 158 valence electrons. The van der Waals surface area contributed by atoms with Gasteiger partial charge in [-0.3, -0.25) is 4.79 Å². The number of hydrogen-bond donors (Lipinski definition) is 1. The first-order valence-electron chi connectivity index (χ1n) is 8.98. The number of hydrogen-bond acceptors (Lipinski definition) is 7. The Kier molecular flexibility index (Phi) is 6.27. The molecule has 0 aliphatic rings. The monoisotopic (exact) mass is 440 g/mol. The topological polar surface area (TPSA) is 122 Å². The Balaban J connectivity index is 1.79. The molecule has 0 aliphatic carbocycles. The highest BCUT2D eigenvalue weighted by atomic mass is 32.2. The fourth-order valence-corrected chi connectivity index (χ4v) is 3.81. The van der Waals surface area contributed by atoms with Gasteiger partial charge in [-0.05, 0) is 55.3 Å². The largest absolute Gasteiger partial charge is 0.438 e. The van der Waals surface area contributed by atoms with Crippen LogP contribution in [0.1, 0.15) is 16.7 Å². The van der Waals surface area contributed by atoms with Crippen LogP contribution in [0, 0.1) is 31.0 Å². The molecule has 0 unspecified atom stereocenters. The lowest BCUT2D eigenvalue weighted by atomic mass is 10.1. The normalized spacial score (nSPS) is 10.9. The molecule has 0 bridgehead atoms. The minimum atomic E-state index is -4.19. The van der Waals surface area contributed by atoms with Gasteiger partial charge in [-0.2, -0.15) is 10.2 Å². The zero-order valence-electron chi connectivity index (χ0n) is 16.6. The maximum atomic E-state index is 13.2. The van der Waals surface area contributed by atoms with Gasteiger partial charge in [0, 0.05) is 18.0 Å². The van der Waals surface area contributed by atoms with Crippen LogP contribution in [0.2, 0.25) is 0 Å². The molecule has 1 heterocycles. The van der Waals surface area contributed by atoms with Gasteiger partial charge >= 0.3 is 0 Å². The van der Waals surface area contributed by atoms with E-state index in [1.54, 1.807) is 26.0 Å². The third-order valence-electron chi connectivity index (χ3n) is 4.11. The molecule has 0 atom stereocenters. The van der Waals surface area contributed by atoms with E-state index in [1.807, 2.05) is 6.07 Å². The number of aromatic nitrogens is 2. The van der Waals surface area contributed by atoms with Crippen molar-refractivity contribution in [3.05, 3.63) is 71.2 Å². The molecule has 0 saturated heterocycles. The number of nitrogens with zero attached hydrogens (tertiary/aromatic N) is 3. The van der Waals surface area contributed by atoms with Gasteiger partial charge in [0.15, 0.2) is 0 Å². The molecule has 3 aromatic rings. The highest BCUT2D eigenvalue weighted by Gasteiger charge is 2.23. The summed E-state index contributed by atoms with van der Waals surface area (Å²) in [6.45, 7) is 3.50. The van der Waals surface area contributed by atoms with Gasteiger partial charge < -0.3 is 10.1 Å². The lowest BCUT2D eigenvalue weighted by Gasteiger charge is -2.12. The second kappa shape index (κ2) is 8.89. The van der Waals surface area contributed by atoms with Crippen LogP contribution in [-0.4, -0.2) is 30.0 Å². The fraction of sp³-hybridized carbons (Fsp3) is 0.143. The maximum Gasteiger partial charge on any atom is 0.250 e. The predicted molar refractivity (Wildman–Crippen MR) is 110 cm³/mol. The van der Waals surface area contributed by atoms with Crippen molar-refractivity contribution < 1.29 is 22.3 Å². The van der Waals surface area contributed by atoms with Gasteiger partial charge in [0.2, 0.25) is 21.6 Å². The molecule has 0 spiro atoms. The predicted octanol–water partition coefficient (Wildman–Crippen LogP) is 3.31. The summed E-state index contributed by atoms with van der Waals surface area (Å²) in [5.41, 5.74) is 1.95. The number of nitriles is 1. The molecule has 0 fully saturated rings. The van der Waals surface area contributed by atoms with Gasteiger partial charge in [0.1, 0.15) is 17.3 Å². The number of ether oxygens (including phenoxy) is 1. The Labute approximate surface area is 178 Å². The Morgan fingerprint density at radius 3 is 2.55 bits per heavy atom. The molecule has 1 aromatic heterocycles. The standard InChI is InChI=1S/C21H17FN4O4S/c1-13-8-15(11-23)9-14(2)20(13)30-19-6-7-24-21(26-19)31(28,29)12-18(27)25-17-5-3-4-16(22)10-17/h3-10H,12H2,1-2H3,(H,25,27). The number of aryl methyl sites for hydroxylation is 2. The summed E-state index contributed by atoms with van der Waals surface area (Å²) >= 11 is 0. The minimum Gasteiger partial charge on any atom is -0.438 e. The van der Waals surface area contributed by atoms with E-state index in [-0.39, 0.29) is 11.6 Å². The number of halogens is 1. The van der Waals surface area contributed by atoms with Crippen LogP contribution >= 0.6 is 0 Å². The molecule has 3 rings (SSSR count). The summed E-state index contributed by atoms with van der Waals surface area (Å²) < 4.78 is 44.1. The van der Waals surface area contributed by atoms with E-state index in [0.29, 0.717) is 22.4 Å². The van der Waals surface area contributed by atoms with Crippen molar-refractivity contribution >= 4 is 21.4 Å². The first-order valence-corrected chi connectivity index (χ1v) is 10.6. The zero-order valence-corrected chi connectivity index (χ0v) is 17.4. The Hall–Kier alpha value is -3.84. The van der Waals surface area contributed by atoms with E-state index in [2.05, 4.69) is 15.3 Å². The Morgan fingerprint density at radius 1 is 1.19 bits per heavy atom. The van der Waals surface area contributed by atoms with Crippen LogP contribution < -0.4 is 10.1 Å². The highest BCUT2D eigenvalue weighted by molar-refractivity contribution is 7.92. The van der Waals surface area contributed by atoms with Gasteiger partial charge in [-0.1, -0.05) is 6.07 Å². The summed E-state index contributed by atoms with van der Waals surface area (Å²) in [7, 11) is -4.19. The smallest absolute Gasteiger partial charge is 0.250 e. The molecule has 31 heavy (non-hydrogen) atoms. The number of anilines is 1. The molecule has 0 saturated carbocycles. The van der Waals surface area contributed by atoms with E-state index in [1.165, 1.54) is 30.5 Å². The van der Waals surface area contributed by atoms with Crippen molar-refractivity contribution in [1.29, 1.82) is 5.26 Å². The van der Waals surface area contributed by atoms with Crippen molar-refractivity contribution in [1.82, 2.24) is 9.97 Å². The van der Waals surface area contributed by atoms with Crippen molar-refractivity contribution in [2.75, 3.05) is 11.1 Å². The first kappa shape index (κ1) is 21.9. The average molecular weight is 440 g/mol. The summed E-state index contributed by atoms with van der Waals surface area (Å²) in [4.78, 5) is 19.8. The van der Waals surface area contributed by atoms with Crippen LogP contribution in [0.5, 0.6) is 11.6 Å². The third-order valence-corrected chi connectivity index (χ3v) is 5.51. The summed E-state index contributed by atoms with van der Waals surface area (Å²) in [5.74, 6) is -1.96. The number of nitrogens with one attached hydrogen (secondary N) is 1. The lowest BCUT2D eigenvalue weighted by Crippen LogP contribution is -2.24. The van der Waals surface area contributed by atoms with Crippen LogP contribution in [0.15, 0.2) is 53.8 Å².